The molecule has 0 radical (unpaired) electrons. The zero-order chi connectivity index (χ0) is 22.9. The number of benzene rings is 2. The first-order valence-electron chi connectivity index (χ1n) is 10.8. The Morgan fingerprint density at radius 1 is 1.07 bits per heavy atom. The number of hydrogen-bond donors (Lipinski definition) is 0. The maximum atomic E-state index is 4.60. The summed E-state index contributed by atoms with van der Waals surface area (Å²) in [7, 11) is 0. The number of aryl methyl sites for hydroxylation is 2. The second-order valence-electron chi connectivity index (χ2n) is 6.62. The third-order valence-electron chi connectivity index (χ3n) is 4.64. The van der Waals surface area contributed by atoms with Crippen molar-refractivity contribution in [1.82, 2.24) is 0 Å². The quantitative estimate of drug-likeness (QED) is 0.361. The van der Waals surface area contributed by atoms with E-state index in [1.54, 1.807) is 6.92 Å². The fourth-order valence-corrected chi connectivity index (χ4v) is 3.02. The molecule has 3 rings (SSSR count). The van der Waals surface area contributed by atoms with Gasteiger partial charge in [-0.25, -0.2) is 0 Å². The first-order valence-corrected chi connectivity index (χ1v) is 10.8. The van der Waals surface area contributed by atoms with Crippen LogP contribution in [-0.2, 0) is 12.8 Å². The van der Waals surface area contributed by atoms with Crippen LogP contribution in [0.4, 0.5) is 0 Å². The molecular weight excluding hydrogens is 360 g/mol. The lowest BCUT2D eigenvalue weighted by Crippen LogP contribution is -2.04. The van der Waals surface area contributed by atoms with Gasteiger partial charge < -0.3 is 0 Å². The molecule has 0 unspecified atom stereocenters. The van der Waals surface area contributed by atoms with Crippen LogP contribution in [0.3, 0.4) is 0 Å². The zero-order valence-corrected chi connectivity index (χ0v) is 20.0. The van der Waals surface area contributed by atoms with Crippen LogP contribution in [-0.4, -0.2) is 0 Å². The fraction of sp³-hybridized carbons (Fsp3) is 0.333. The van der Waals surface area contributed by atoms with E-state index in [-0.39, 0.29) is 0 Å². The number of rotatable bonds is 3. The number of terminal acetylenes is 1. The second kappa shape index (κ2) is 15.9. The third kappa shape index (κ3) is 8.19. The van der Waals surface area contributed by atoms with Crippen LogP contribution in [0.5, 0.6) is 0 Å². The Morgan fingerprint density at radius 2 is 1.63 bits per heavy atom. The van der Waals surface area contributed by atoms with Gasteiger partial charge in [0.1, 0.15) is 0 Å². The van der Waals surface area contributed by atoms with E-state index in [4.69, 9.17) is 0 Å². The summed E-state index contributed by atoms with van der Waals surface area (Å²) in [5.41, 5.74) is 9.10. The van der Waals surface area contributed by atoms with Gasteiger partial charge in [0, 0.05) is 12.0 Å². The molecule has 0 aliphatic heterocycles. The molecule has 30 heavy (non-hydrogen) atoms. The summed E-state index contributed by atoms with van der Waals surface area (Å²) in [5, 5.41) is 0. The Balaban J connectivity index is 0.000000806. The lowest BCUT2D eigenvalue weighted by atomic mass is 9.86. The molecule has 0 heteroatoms. The van der Waals surface area contributed by atoms with Crippen molar-refractivity contribution < 1.29 is 0 Å². The smallest absolute Gasteiger partial charge is 0.0358 e. The van der Waals surface area contributed by atoms with Gasteiger partial charge in [-0.2, -0.15) is 0 Å². The van der Waals surface area contributed by atoms with Crippen molar-refractivity contribution in [2.75, 3.05) is 0 Å². The predicted octanol–water partition coefficient (Wildman–Crippen LogP) is 8.16. The highest BCUT2D eigenvalue weighted by molar-refractivity contribution is 5.76. The van der Waals surface area contributed by atoms with Gasteiger partial charge in [-0.15, -0.1) is 12.3 Å². The summed E-state index contributed by atoms with van der Waals surface area (Å²) in [6, 6.07) is 13.1. The molecule has 0 aromatic heterocycles. The fourth-order valence-electron chi connectivity index (χ4n) is 3.02. The van der Waals surface area contributed by atoms with Gasteiger partial charge in [0.05, 0.1) is 0 Å². The second-order valence-corrected chi connectivity index (χ2v) is 6.62. The standard InChI is InChI=1S/C21H20.C4H8.C3H4.C2H6/c1-4-17-9-5-6-10-18(17)14-21-16(3)12-13-19-15(2)8-7-11-20(19)21;1-3-4-2;1-3-2;1-2/h5-6,9-10,12-13H,2,4,8,14H2,1,3H3;3-4H,1-2H3;1H,2H3;1-2H3/b;4-3+;;. The van der Waals surface area contributed by atoms with E-state index >= 15 is 0 Å². The van der Waals surface area contributed by atoms with Crippen LogP contribution in [0.15, 0.2) is 55.1 Å². The molecule has 2 aromatic rings. The topological polar surface area (TPSA) is 0 Å². The predicted molar refractivity (Wildman–Crippen MR) is 137 cm³/mol. The number of hydrogen-bond acceptors (Lipinski definition) is 0. The molecule has 0 saturated carbocycles. The first-order chi connectivity index (χ1) is 14.5. The molecule has 0 spiro atoms. The van der Waals surface area contributed by atoms with Crippen molar-refractivity contribution in [2.24, 2.45) is 0 Å². The lowest BCUT2D eigenvalue weighted by Gasteiger charge is -2.18. The average molecular weight is 399 g/mol. The van der Waals surface area contributed by atoms with E-state index in [9.17, 15) is 0 Å². The monoisotopic (exact) mass is 398 g/mol. The van der Waals surface area contributed by atoms with Gasteiger partial charge in [0.25, 0.3) is 0 Å². The normalized spacial score (nSPS) is 10.5. The molecule has 0 bridgehead atoms. The van der Waals surface area contributed by atoms with Crippen LogP contribution in [0.2, 0.25) is 0 Å². The average Bonchev–Trinajstić information content (AvgIpc) is 2.78. The van der Waals surface area contributed by atoms with Crippen LogP contribution in [0, 0.1) is 31.1 Å². The molecule has 0 fully saturated rings. The van der Waals surface area contributed by atoms with E-state index in [1.165, 1.54) is 33.4 Å². The Kier molecular flexibility index (Phi) is 14.3. The summed E-state index contributed by atoms with van der Waals surface area (Å²) < 4.78 is 0. The maximum absolute atomic E-state index is 4.60. The minimum Gasteiger partial charge on any atom is -0.120 e. The van der Waals surface area contributed by atoms with Gasteiger partial charge in [-0.3, -0.25) is 0 Å². The van der Waals surface area contributed by atoms with Crippen molar-refractivity contribution in [3.63, 3.8) is 0 Å². The first kappa shape index (κ1) is 27.0. The summed E-state index contributed by atoms with van der Waals surface area (Å²) in [6.07, 6.45) is 11.4. The third-order valence-corrected chi connectivity index (χ3v) is 4.64. The minimum atomic E-state index is 0.793. The molecule has 0 nitrogen and oxygen atoms in total. The Morgan fingerprint density at radius 3 is 2.17 bits per heavy atom. The number of allylic oxidation sites excluding steroid dienone is 3. The summed E-state index contributed by atoms with van der Waals surface area (Å²) >= 11 is 0. The van der Waals surface area contributed by atoms with Gasteiger partial charge in [-0.1, -0.05) is 87.7 Å². The molecule has 0 saturated heterocycles. The van der Waals surface area contributed by atoms with E-state index in [0.29, 0.717) is 0 Å². The lowest BCUT2D eigenvalue weighted by molar-refractivity contribution is 1.05. The van der Waals surface area contributed by atoms with E-state index in [2.05, 4.69) is 81.0 Å². The molecule has 0 amide bonds. The minimum absolute atomic E-state index is 0.793. The van der Waals surface area contributed by atoms with Gasteiger partial charge >= 0.3 is 0 Å². The van der Waals surface area contributed by atoms with Crippen LogP contribution >= 0.6 is 0 Å². The SMILES string of the molecule is C#CC.C/C=C/C.C=C1CC#Cc2c1ccc(C)c2Cc1ccccc1CC.CC. The molecule has 1 aliphatic carbocycles. The highest BCUT2D eigenvalue weighted by atomic mass is 14.2. The maximum Gasteiger partial charge on any atom is 0.0358 e. The van der Waals surface area contributed by atoms with Crippen LogP contribution < -0.4 is 0 Å². The number of fused-ring (bicyclic) bond motifs is 1. The van der Waals surface area contributed by atoms with Crippen molar-refractivity contribution in [2.45, 2.75) is 67.7 Å². The van der Waals surface area contributed by atoms with Gasteiger partial charge in [0.2, 0.25) is 0 Å². The molecule has 0 N–H and O–H groups in total. The van der Waals surface area contributed by atoms with E-state index in [1.807, 2.05) is 39.8 Å². The van der Waals surface area contributed by atoms with Crippen LogP contribution in [0.25, 0.3) is 5.57 Å². The molecular formula is C30H38. The van der Waals surface area contributed by atoms with Crippen molar-refractivity contribution in [3.05, 3.63) is 88.5 Å². The summed E-state index contributed by atoms with van der Waals surface area (Å²) in [4.78, 5) is 0. The molecule has 0 atom stereocenters. The molecule has 158 valence electrons. The summed E-state index contributed by atoms with van der Waals surface area (Å²) in [5.74, 6) is 8.82. The van der Waals surface area contributed by atoms with Crippen molar-refractivity contribution in [3.8, 4) is 24.2 Å². The van der Waals surface area contributed by atoms with E-state index < -0.39 is 0 Å². The molecule has 2 aromatic carbocycles. The van der Waals surface area contributed by atoms with Gasteiger partial charge in [0.15, 0.2) is 0 Å². The van der Waals surface area contributed by atoms with Crippen molar-refractivity contribution >= 4 is 5.57 Å². The van der Waals surface area contributed by atoms with Crippen LogP contribution in [0.1, 0.15) is 81.3 Å². The summed E-state index contributed by atoms with van der Waals surface area (Å²) in [6.45, 7) is 18.2. The Hall–Kier alpha value is -2.96. The highest BCUT2D eigenvalue weighted by Crippen LogP contribution is 2.30. The Bertz CT molecular complexity index is 917. The molecule has 0 heterocycles. The Labute approximate surface area is 186 Å². The highest BCUT2D eigenvalue weighted by Gasteiger charge is 2.15. The largest absolute Gasteiger partial charge is 0.120 e. The molecule has 1 aliphatic rings. The zero-order valence-electron chi connectivity index (χ0n) is 20.0. The van der Waals surface area contributed by atoms with Crippen molar-refractivity contribution in [1.29, 1.82) is 0 Å². The van der Waals surface area contributed by atoms with E-state index in [0.717, 1.165) is 24.8 Å². The van der Waals surface area contributed by atoms with Gasteiger partial charge in [-0.05, 0) is 73.9 Å².